The minimum Gasteiger partial charge on any atom is -0.465 e. The smallest absolute Gasteiger partial charge is 0.306 e. The van der Waals surface area contributed by atoms with Crippen LogP contribution in [0.4, 0.5) is 0 Å². The van der Waals surface area contributed by atoms with Crippen LogP contribution in [0.15, 0.2) is 0 Å². The van der Waals surface area contributed by atoms with Crippen LogP contribution in [0.1, 0.15) is 40.0 Å². The minimum absolute atomic E-state index is 0.0662. The van der Waals surface area contributed by atoms with Gasteiger partial charge < -0.3 is 4.74 Å². The molecule has 0 spiro atoms. The first-order chi connectivity index (χ1) is 6.52. The van der Waals surface area contributed by atoms with E-state index in [9.17, 15) is 4.79 Å². The van der Waals surface area contributed by atoms with Gasteiger partial charge in [-0.25, -0.2) is 0 Å². The molecule has 0 aromatic rings. The number of carbonyl (C=O) groups excluding carboxylic acids is 1. The van der Waals surface area contributed by atoms with E-state index >= 15 is 0 Å². The molecule has 0 fully saturated rings. The fraction of sp³-hybridized carbons (Fsp3) is 0.909. The van der Waals surface area contributed by atoms with Crippen molar-refractivity contribution in [1.29, 1.82) is 0 Å². The third-order valence-corrected chi connectivity index (χ3v) is 2.67. The molecular formula is C11H22O2S. The van der Waals surface area contributed by atoms with Crippen molar-refractivity contribution in [2.75, 3.05) is 18.6 Å². The van der Waals surface area contributed by atoms with Gasteiger partial charge in [0, 0.05) is 5.75 Å². The molecule has 0 saturated carbocycles. The Bertz CT molecular complexity index is 167. The summed E-state index contributed by atoms with van der Waals surface area (Å²) in [5.41, 5.74) is 0.129. The lowest BCUT2D eigenvalue weighted by Gasteiger charge is -2.23. The third kappa shape index (κ3) is 7.25. The highest BCUT2D eigenvalue weighted by molar-refractivity contribution is 7.98. The van der Waals surface area contributed by atoms with Crippen molar-refractivity contribution < 1.29 is 9.53 Å². The van der Waals surface area contributed by atoms with Crippen molar-refractivity contribution in [2.45, 2.75) is 40.0 Å². The summed E-state index contributed by atoms with van der Waals surface area (Å²) in [7, 11) is 0. The van der Waals surface area contributed by atoms with Crippen molar-refractivity contribution in [3.8, 4) is 0 Å². The number of carbonyl (C=O) groups is 1. The van der Waals surface area contributed by atoms with Crippen LogP contribution < -0.4 is 0 Å². The zero-order valence-corrected chi connectivity index (χ0v) is 10.6. The highest BCUT2D eigenvalue weighted by Gasteiger charge is 2.18. The van der Waals surface area contributed by atoms with Crippen LogP contribution in [0.3, 0.4) is 0 Å². The van der Waals surface area contributed by atoms with Crippen LogP contribution in [0, 0.1) is 5.41 Å². The van der Waals surface area contributed by atoms with E-state index in [0.29, 0.717) is 13.0 Å². The van der Waals surface area contributed by atoms with Gasteiger partial charge in [0.25, 0.3) is 0 Å². The zero-order chi connectivity index (χ0) is 11.0. The maximum atomic E-state index is 11.2. The second kappa shape index (κ2) is 7.16. The van der Waals surface area contributed by atoms with Gasteiger partial charge >= 0.3 is 5.97 Å². The number of esters is 1. The summed E-state index contributed by atoms with van der Waals surface area (Å²) in [6.45, 7) is 6.97. The second-order valence-corrected chi connectivity index (χ2v) is 5.30. The molecule has 0 atom stereocenters. The first kappa shape index (κ1) is 13.8. The first-order valence-corrected chi connectivity index (χ1v) is 6.56. The second-order valence-electron chi connectivity index (χ2n) is 4.32. The van der Waals surface area contributed by atoms with Crippen LogP contribution in [0.2, 0.25) is 0 Å². The third-order valence-electron chi connectivity index (χ3n) is 2.06. The SMILES string of the molecule is CCCC(C)(C)COC(=O)CCSC. The molecule has 0 aliphatic rings. The first-order valence-electron chi connectivity index (χ1n) is 5.16. The molecular weight excluding hydrogens is 196 g/mol. The van der Waals surface area contributed by atoms with Crippen LogP contribution in [0.5, 0.6) is 0 Å². The summed E-state index contributed by atoms with van der Waals surface area (Å²) < 4.78 is 5.21. The molecule has 0 aliphatic carbocycles. The monoisotopic (exact) mass is 218 g/mol. The van der Waals surface area contributed by atoms with Crippen LogP contribution in [-0.2, 0) is 9.53 Å². The maximum Gasteiger partial charge on any atom is 0.306 e. The molecule has 0 aromatic carbocycles. The quantitative estimate of drug-likeness (QED) is 0.614. The van der Waals surface area contributed by atoms with Crippen molar-refractivity contribution >= 4 is 17.7 Å². The van der Waals surface area contributed by atoms with Crippen molar-refractivity contribution in [1.82, 2.24) is 0 Å². The molecule has 0 radical (unpaired) electrons. The number of thioether (sulfide) groups is 1. The fourth-order valence-corrected chi connectivity index (χ4v) is 1.65. The predicted molar refractivity (Wildman–Crippen MR) is 62.6 cm³/mol. The standard InChI is InChI=1S/C11H22O2S/c1-5-7-11(2,3)9-13-10(12)6-8-14-4/h5-9H2,1-4H3. The molecule has 0 aliphatic heterocycles. The number of hydrogen-bond acceptors (Lipinski definition) is 3. The number of rotatable bonds is 7. The molecule has 0 aromatic heterocycles. The van der Waals surface area contributed by atoms with Crippen LogP contribution in [0.25, 0.3) is 0 Å². The lowest BCUT2D eigenvalue weighted by molar-refractivity contribution is -0.146. The maximum absolute atomic E-state index is 11.2. The average molecular weight is 218 g/mol. The van der Waals surface area contributed by atoms with E-state index in [1.807, 2.05) is 6.26 Å². The molecule has 0 amide bonds. The molecule has 0 N–H and O–H groups in total. The molecule has 0 heterocycles. The normalized spacial score (nSPS) is 11.4. The summed E-state index contributed by atoms with van der Waals surface area (Å²) in [4.78, 5) is 11.2. The van der Waals surface area contributed by atoms with Gasteiger partial charge in [0.2, 0.25) is 0 Å². The summed E-state index contributed by atoms with van der Waals surface area (Å²) in [6.07, 6.45) is 4.76. The van der Waals surface area contributed by atoms with Crippen LogP contribution in [-0.4, -0.2) is 24.6 Å². The van der Waals surface area contributed by atoms with Crippen LogP contribution >= 0.6 is 11.8 Å². The molecule has 2 nitrogen and oxygen atoms in total. The van der Waals surface area contributed by atoms with E-state index < -0.39 is 0 Å². The Morgan fingerprint density at radius 2 is 2.07 bits per heavy atom. The highest BCUT2D eigenvalue weighted by atomic mass is 32.2. The molecule has 0 bridgehead atoms. The van der Waals surface area contributed by atoms with Gasteiger partial charge in [-0.1, -0.05) is 27.2 Å². The Labute approximate surface area is 91.8 Å². The van der Waals surface area contributed by atoms with E-state index in [1.165, 1.54) is 0 Å². The van der Waals surface area contributed by atoms with Gasteiger partial charge in [-0.2, -0.15) is 11.8 Å². The lowest BCUT2D eigenvalue weighted by Crippen LogP contribution is -2.21. The van der Waals surface area contributed by atoms with Gasteiger partial charge in [-0.05, 0) is 18.1 Å². The number of ether oxygens (including phenoxy) is 1. The average Bonchev–Trinajstić information content (AvgIpc) is 2.11. The topological polar surface area (TPSA) is 26.3 Å². The summed E-state index contributed by atoms with van der Waals surface area (Å²) in [5.74, 6) is 0.788. The van der Waals surface area contributed by atoms with E-state index in [-0.39, 0.29) is 11.4 Å². The zero-order valence-electron chi connectivity index (χ0n) is 9.76. The summed E-state index contributed by atoms with van der Waals surface area (Å²) in [6, 6.07) is 0. The molecule has 84 valence electrons. The Kier molecular flexibility index (Phi) is 7.06. The van der Waals surface area contributed by atoms with E-state index in [0.717, 1.165) is 18.6 Å². The number of hydrogen-bond donors (Lipinski definition) is 0. The van der Waals surface area contributed by atoms with E-state index in [4.69, 9.17) is 4.74 Å². The Balaban J connectivity index is 3.64. The summed E-state index contributed by atoms with van der Waals surface area (Å²) in [5, 5.41) is 0. The molecule has 0 saturated heterocycles. The molecule has 14 heavy (non-hydrogen) atoms. The van der Waals surface area contributed by atoms with Crippen molar-refractivity contribution in [3.05, 3.63) is 0 Å². The molecule has 0 rings (SSSR count). The highest BCUT2D eigenvalue weighted by Crippen LogP contribution is 2.22. The Morgan fingerprint density at radius 1 is 1.43 bits per heavy atom. The molecule has 3 heteroatoms. The van der Waals surface area contributed by atoms with Gasteiger partial charge in [0.15, 0.2) is 0 Å². The van der Waals surface area contributed by atoms with E-state index in [1.54, 1.807) is 11.8 Å². The Hall–Kier alpha value is -0.180. The van der Waals surface area contributed by atoms with Gasteiger partial charge in [-0.3, -0.25) is 4.79 Å². The predicted octanol–water partition coefficient (Wildman–Crippen LogP) is 3.11. The van der Waals surface area contributed by atoms with Gasteiger partial charge in [-0.15, -0.1) is 0 Å². The van der Waals surface area contributed by atoms with Gasteiger partial charge in [0.05, 0.1) is 13.0 Å². The fourth-order valence-electron chi connectivity index (χ4n) is 1.28. The largest absolute Gasteiger partial charge is 0.465 e. The molecule has 0 unspecified atom stereocenters. The van der Waals surface area contributed by atoms with E-state index in [2.05, 4.69) is 20.8 Å². The van der Waals surface area contributed by atoms with Crippen molar-refractivity contribution in [3.63, 3.8) is 0 Å². The lowest BCUT2D eigenvalue weighted by atomic mass is 9.89. The van der Waals surface area contributed by atoms with Gasteiger partial charge in [0.1, 0.15) is 0 Å². The minimum atomic E-state index is -0.0662. The van der Waals surface area contributed by atoms with Crippen molar-refractivity contribution in [2.24, 2.45) is 5.41 Å². The summed E-state index contributed by atoms with van der Waals surface area (Å²) >= 11 is 1.67. The Morgan fingerprint density at radius 3 is 2.57 bits per heavy atom.